The number of nitrogens with two attached hydrogens (primary N) is 1. The molecule has 0 saturated carbocycles. The highest BCUT2D eigenvalue weighted by Gasteiger charge is 2.31. The number of aliphatic carboxylic acids is 1. The predicted molar refractivity (Wildman–Crippen MR) is 265 cm³/mol. The van der Waals surface area contributed by atoms with Crippen molar-refractivity contribution in [3.05, 3.63) is 117 Å². The SMILES string of the molecule is C=CCN(CC=C)C(=O)C(Cl)Cl.CCc1cccc(C)c1N(C(=O)CCl)C(C)COC.CP(=O)(O)CCC(N)C(=O)O.CS(=O)(=O)NC(=O)c1cc(Oc2ccc(C(F)(F)F)cc2Cl)ccc1[N+](=O)[O-]. The van der Waals surface area contributed by atoms with Gasteiger partial charge in [0, 0.05) is 45.2 Å². The standard InChI is InChI=1S/C15H10ClF3N2O6S.C15H22ClNO2.C8H11Cl2NO.C5H12NO4P/c1-28(25,26)20-14(22)10-7-9(3-4-12(10)21(23)24)27-13-5-2-8(6-11(13)16)15(17,18)19;1-5-13-8-6-7-11(2)15(13)17(14(18)9-16)12(3)10-19-4;1-3-5-11(6-4-2)8(12)7(9)10;1-11(9,10)3-2-4(6)5(7)8/h2-7H,1H3,(H,20,22);6-8,12H,5,9-10H2,1-4H3;3-4,7H,1-2,5-6H2;4H,2-3,6H2,1H3,(H,7,8)(H,9,10). The summed E-state index contributed by atoms with van der Waals surface area (Å²) in [5.74, 6) is -3.25. The number of carboxylic acids is 1. The molecule has 0 saturated heterocycles. The van der Waals surface area contributed by atoms with Gasteiger partial charge in [-0.3, -0.25) is 33.9 Å². The van der Waals surface area contributed by atoms with Gasteiger partial charge in [0.2, 0.25) is 15.9 Å². The van der Waals surface area contributed by atoms with E-state index >= 15 is 0 Å². The van der Waals surface area contributed by atoms with Crippen LogP contribution in [0.3, 0.4) is 0 Å². The number of aryl methyl sites for hydroxylation is 2. The van der Waals surface area contributed by atoms with Gasteiger partial charge in [0.25, 0.3) is 17.5 Å². The van der Waals surface area contributed by atoms with Crippen molar-refractivity contribution in [1.29, 1.82) is 0 Å². The summed E-state index contributed by atoms with van der Waals surface area (Å²) < 4.78 is 83.1. The Bertz CT molecular complexity index is 2440. The Balaban J connectivity index is 0.000000981. The molecular formula is C43H55Cl4F3N5O13PS. The molecule has 0 spiro atoms. The van der Waals surface area contributed by atoms with E-state index in [0.717, 1.165) is 47.5 Å². The molecule has 3 unspecified atom stereocenters. The monoisotopic (exact) mass is 1110 g/mol. The first-order chi connectivity index (χ1) is 32.3. The molecule has 3 atom stereocenters. The highest BCUT2D eigenvalue weighted by molar-refractivity contribution is 7.89. The highest BCUT2D eigenvalue weighted by atomic mass is 35.5. The Kier molecular flexibility index (Phi) is 28.8. The van der Waals surface area contributed by atoms with Crippen LogP contribution in [0.25, 0.3) is 0 Å². The van der Waals surface area contributed by atoms with Gasteiger partial charge in [-0.1, -0.05) is 72.1 Å². The Hall–Kier alpha value is -4.77. The minimum atomic E-state index is -4.62. The maximum absolute atomic E-state index is 12.7. The second kappa shape index (κ2) is 30.9. The van der Waals surface area contributed by atoms with Crippen LogP contribution in [-0.2, 0) is 46.3 Å². The van der Waals surface area contributed by atoms with E-state index in [1.165, 1.54) is 11.6 Å². The van der Waals surface area contributed by atoms with Gasteiger partial charge in [-0.15, -0.1) is 24.8 Å². The van der Waals surface area contributed by atoms with Crippen molar-refractivity contribution in [2.45, 2.75) is 56.7 Å². The van der Waals surface area contributed by atoms with Crippen LogP contribution in [0.4, 0.5) is 24.5 Å². The molecule has 18 nitrogen and oxygen atoms in total. The van der Waals surface area contributed by atoms with Crippen molar-refractivity contribution in [2.24, 2.45) is 5.73 Å². The number of nitro benzene ring substituents is 1. The Morgan fingerprint density at radius 3 is 2.09 bits per heavy atom. The summed E-state index contributed by atoms with van der Waals surface area (Å²) in [5, 5.41) is 18.9. The summed E-state index contributed by atoms with van der Waals surface area (Å²) >= 11 is 22.3. The lowest BCUT2D eigenvalue weighted by Crippen LogP contribution is -2.43. The number of anilines is 1. The maximum Gasteiger partial charge on any atom is 0.416 e. The topological polar surface area (TPSA) is 266 Å². The summed E-state index contributed by atoms with van der Waals surface area (Å²) in [6, 6.07) is 10.1. The molecule has 0 fully saturated rings. The zero-order chi connectivity index (χ0) is 54.3. The molecule has 3 rings (SSSR count). The van der Waals surface area contributed by atoms with Gasteiger partial charge in [0.05, 0.1) is 40.1 Å². The van der Waals surface area contributed by atoms with Gasteiger partial charge in [0.15, 0.2) is 12.2 Å². The Labute approximate surface area is 424 Å². The molecule has 0 aliphatic carbocycles. The summed E-state index contributed by atoms with van der Waals surface area (Å²) in [5.41, 5.74) is 5.96. The van der Waals surface area contributed by atoms with Crippen molar-refractivity contribution < 1.29 is 69.7 Å². The quantitative estimate of drug-likeness (QED) is 0.0271. The number of halogens is 7. The number of hydrogen-bond acceptors (Lipinski definition) is 12. The second-order valence-electron chi connectivity index (χ2n) is 14.7. The lowest BCUT2D eigenvalue weighted by atomic mass is 10.0. The number of carbonyl (C=O) groups is 4. The second-order valence-corrected chi connectivity index (χ2v) is 20.7. The van der Waals surface area contributed by atoms with Crippen LogP contribution in [0.5, 0.6) is 11.5 Å². The molecule has 0 radical (unpaired) electrons. The molecular weight excluding hydrogens is 1060 g/mol. The minimum Gasteiger partial charge on any atom is -0.480 e. The van der Waals surface area contributed by atoms with Gasteiger partial charge in [-0.2, -0.15) is 13.2 Å². The molecule has 3 aromatic carbocycles. The molecule has 3 aromatic rings. The van der Waals surface area contributed by atoms with Gasteiger partial charge < -0.3 is 35.0 Å². The normalized spacial score (nSPS) is 12.6. The van der Waals surface area contributed by atoms with Gasteiger partial charge in [-0.05, 0) is 62.1 Å². The number of methoxy groups -OCH3 is 1. The van der Waals surface area contributed by atoms with Gasteiger partial charge >= 0.3 is 12.1 Å². The third kappa shape index (κ3) is 23.9. The first-order valence-electron chi connectivity index (χ1n) is 20.2. The molecule has 0 bridgehead atoms. The number of hydrogen-bond donors (Lipinski definition) is 4. The molecule has 70 heavy (non-hydrogen) atoms. The lowest BCUT2D eigenvalue weighted by Gasteiger charge is -2.31. The molecule has 27 heteroatoms. The number of nitrogens with zero attached hydrogens (tertiary/aromatic N) is 3. The molecule has 390 valence electrons. The number of benzene rings is 3. The fourth-order valence-electron chi connectivity index (χ4n) is 5.56. The third-order valence-corrected chi connectivity index (χ3v) is 11.3. The smallest absolute Gasteiger partial charge is 0.416 e. The third-order valence-electron chi connectivity index (χ3n) is 8.72. The van der Waals surface area contributed by atoms with E-state index in [2.05, 4.69) is 26.1 Å². The van der Waals surface area contributed by atoms with Crippen LogP contribution in [0.2, 0.25) is 5.02 Å². The van der Waals surface area contributed by atoms with E-state index in [1.54, 1.807) is 28.9 Å². The first-order valence-corrected chi connectivity index (χ1v) is 26.1. The number of nitrogens with one attached hydrogen (secondary N) is 1. The zero-order valence-corrected chi connectivity index (χ0v) is 43.5. The maximum atomic E-state index is 12.7. The van der Waals surface area contributed by atoms with Crippen molar-refractivity contribution >= 4 is 98.9 Å². The average Bonchev–Trinajstić information content (AvgIpc) is 3.25. The fraction of sp³-hybridized carbons (Fsp3) is 0.395. The van der Waals surface area contributed by atoms with E-state index in [9.17, 15) is 55.4 Å². The predicted octanol–water partition coefficient (Wildman–Crippen LogP) is 8.59. The molecule has 5 N–H and O–H groups in total. The number of sulfonamides is 1. The average molecular weight is 1110 g/mol. The Morgan fingerprint density at radius 1 is 1.07 bits per heavy atom. The first kappa shape index (κ1) is 65.2. The fourth-order valence-corrected chi connectivity index (χ4v) is 7.38. The number of carboxylic acid groups (broad SMARTS) is 1. The van der Waals surface area contributed by atoms with Crippen molar-refractivity contribution in [3.8, 4) is 11.5 Å². The summed E-state index contributed by atoms with van der Waals surface area (Å²) in [6.45, 7) is 15.6. The van der Waals surface area contributed by atoms with Gasteiger partial charge in [0.1, 0.15) is 29.0 Å². The summed E-state index contributed by atoms with van der Waals surface area (Å²) in [7, 11) is -5.47. The van der Waals surface area contributed by atoms with Crippen molar-refractivity contribution in [3.63, 3.8) is 0 Å². The number of ether oxygens (including phenoxy) is 2. The number of amides is 3. The van der Waals surface area contributed by atoms with Gasteiger partial charge in [-0.25, -0.2) is 13.1 Å². The molecule has 0 aromatic heterocycles. The van der Waals surface area contributed by atoms with Crippen LogP contribution in [0, 0.1) is 17.0 Å². The summed E-state index contributed by atoms with van der Waals surface area (Å²) in [4.78, 5) is 66.6. The zero-order valence-electron chi connectivity index (χ0n) is 38.8. The summed E-state index contributed by atoms with van der Waals surface area (Å²) in [6.07, 6.45) is 0.156. The Morgan fingerprint density at radius 2 is 1.66 bits per heavy atom. The number of rotatable bonds is 20. The molecule has 0 aliphatic rings. The van der Waals surface area contributed by atoms with E-state index < -0.39 is 73.1 Å². The van der Waals surface area contributed by atoms with E-state index in [4.69, 9.17) is 71.6 Å². The molecule has 3 amide bonds. The van der Waals surface area contributed by atoms with Crippen LogP contribution in [0.1, 0.15) is 47.3 Å². The van der Waals surface area contributed by atoms with Crippen molar-refractivity contribution in [2.75, 3.05) is 56.7 Å². The van der Waals surface area contributed by atoms with Crippen LogP contribution < -0.4 is 20.1 Å². The molecule has 0 heterocycles. The largest absolute Gasteiger partial charge is 0.480 e. The number of nitro groups is 1. The number of carbonyl (C=O) groups excluding carboxylic acids is 3. The van der Waals surface area contributed by atoms with Crippen LogP contribution in [-0.4, -0.2) is 121 Å². The number of para-hydroxylation sites is 1. The van der Waals surface area contributed by atoms with Crippen molar-refractivity contribution in [1.82, 2.24) is 9.62 Å². The lowest BCUT2D eigenvalue weighted by molar-refractivity contribution is -0.385. The minimum absolute atomic E-state index is 0.0223. The van der Waals surface area contributed by atoms with Crippen LogP contribution >= 0.6 is 53.8 Å². The van der Waals surface area contributed by atoms with E-state index in [1.807, 2.05) is 26.0 Å². The van der Waals surface area contributed by atoms with Crippen LogP contribution in [0.15, 0.2) is 79.9 Å². The van der Waals surface area contributed by atoms with E-state index in [0.29, 0.717) is 38.1 Å². The highest BCUT2D eigenvalue weighted by Crippen LogP contribution is 2.38. The van der Waals surface area contributed by atoms with E-state index in [-0.39, 0.29) is 47.8 Å². The number of alkyl halides is 6. The molecule has 0 aliphatic heterocycles.